The summed E-state index contributed by atoms with van der Waals surface area (Å²) >= 11 is 0. The Hall–Kier alpha value is -1.68. The molecule has 0 fully saturated rings. The first kappa shape index (κ1) is 13.4. The zero-order valence-electron chi connectivity index (χ0n) is 9.85. The number of nitrogens with one attached hydrogen (secondary N) is 1. The molecule has 0 saturated carbocycles. The van der Waals surface area contributed by atoms with Gasteiger partial charge in [0.1, 0.15) is 5.78 Å². The van der Waals surface area contributed by atoms with Crippen molar-refractivity contribution >= 4 is 11.8 Å². The maximum absolute atomic E-state index is 10.8. The highest BCUT2D eigenvalue weighted by atomic mass is 16.4. The number of hydrogen-bond donors (Lipinski definition) is 2. The summed E-state index contributed by atoms with van der Waals surface area (Å²) in [5.41, 5.74) is 0.929. The lowest BCUT2D eigenvalue weighted by atomic mass is 10.0. The van der Waals surface area contributed by atoms with Gasteiger partial charge in [-0.15, -0.1) is 0 Å². The molecule has 17 heavy (non-hydrogen) atoms. The molecule has 0 bridgehead atoms. The molecule has 1 aromatic rings. The van der Waals surface area contributed by atoms with E-state index in [9.17, 15) is 9.59 Å². The van der Waals surface area contributed by atoms with E-state index in [4.69, 9.17) is 5.11 Å². The first-order valence-corrected chi connectivity index (χ1v) is 5.59. The van der Waals surface area contributed by atoms with Gasteiger partial charge in [0.05, 0.1) is 6.42 Å². The van der Waals surface area contributed by atoms with Gasteiger partial charge in [-0.05, 0) is 12.5 Å². The van der Waals surface area contributed by atoms with E-state index in [1.807, 2.05) is 30.3 Å². The number of aliphatic carboxylic acids is 1. The minimum Gasteiger partial charge on any atom is -0.481 e. The maximum atomic E-state index is 10.8. The lowest BCUT2D eigenvalue weighted by Gasteiger charge is -2.16. The first-order valence-electron chi connectivity index (χ1n) is 5.59. The number of benzene rings is 1. The maximum Gasteiger partial charge on any atom is 0.305 e. The molecule has 0 aliphatic rings. The van der Waals surface area contributed by atoms with Crippen molar-refractivity contribution in [3.8, 4) is 0 Å². The van der Waals surface area contributed by atoms with Crippen LogP contribution in [0, 0.1) is 0 Å². The van der Waals surface area contributed by atoms with E-state index in [1.54, 1.807) is 0 Å². The van der Waals surface area contributed by atoms with E-state index in [1.165, 1.54) is 6.92 Å². The van der Waals surface area contributed by atoms with E-state index in [-0.39, 0.29) is 18.2 Å². The molecule has 92 valence electrons. The number of carbonyl (C=O) groups is 2. The Morgan fingerprint density at radius 3 is 2.47 bits per heavy atom. The number of Topliss-reactive ketones (excluding diaryl/α,β-unsaturated/α-hetero) is 1. The van der Waals surface area contributed by atoms with Gasteiger partial charge in [0.25, 0.3) is 0 Å². The molecule has 0 spiro atoms. The SMILES string of the molecule is CC(=O)CCNC(CC(=O)O)c1ccccc1. The number of rotatable bonds is 7. The van der Waals surface area contributed by atoms with E-state index < -0.39 is 5.97 Å². The Kier molecular flexibility index (Phi) is 5.36. The van der Waals surface area contributed by atoms with Gasteiger partial charge < -0.3 is 10.4 Å². The van der Waals surface area contributed by atoms with Crippen molar-refractivity contribution in [1.82, 2.24) is 5.32 Å². The smallest absolute Gasteiger partial charge is 0.305 e. The van der Waals surface area contributed by atoms with Crippen LogP contribution in [-0.2, 0) is 9.59 Å². The van der Waals surface area contributed by atoms with E-state index in [2.05, 4.69) is 5.32 Å². The molecule has 0 aromatic heterocycles. The monoisotopic (exact) mass is 235 g/mol. The van der Waals surface area contributed by atoms with Gasteiger partial charge in [0, 0.05) is 19.0 Å². The number of ketones is 1. The van der Waals surface area contributed by atoms with Crippen LogP contribution >= 0.6 is 0 Å². The van der Waals surface area contributed by atoms with Crippen LogP contribution in [0.3, 0.4) is 0 Å². The highest BCUT2D eigenvalue weighted by Gasteiger charge is 2.14. The van der Waals surface area contributed by atoms with Crippen molar-refractivity contribution in [3.05, 3.63) is 35.9 Å². The largest absolute Gasteiger partial charge is 0.481 e. The molecule has 0 amide bonds. The summed E-state index contributed by atoms with van der Waals surface area (Å²) in [6, 6.07) is 9.15. The fraction of sp³-hybridized carbons (Fsp3) is 0.385. The molecular formula is C13H17NO3. The third-order valence-corrected chi connectivity index (χ3v) is 2.45. The molecule has 1 aromatic carbocycles. The Morgan fingerprint density at radius 1 is 1.29 bits per heavy atom. The highest BCUT2D eigenvalue weighted by Crippen LogP contribution is 2.16. The number of carbonyl (C=O) groups excluding carboxylic acids is 1. The van der Waals surface area contributed by atoms with Crippen LogP contribution in [0.2, 0.25) is 0 Å². The summed E-state index contributed by atoms with van der Waals surface area (Å²) in [7, 11) is 0. The molecule has 0 radical (unpaired) electrons. The van der Waals surface area contributed by atoms with Gasteiger partial charge >= 0.3 is 5.97 Å². The zero-order chi connectivity index (χ0) is 12.7. The van der Waals surface area contributed by atoms with Crippen molar-refractivity contribution in [2.24, 2.45) is 0 Å². The quantitative estimate of drug-likeness (QED) is 0.756. The summed E-state index contributed by atoms with van der Waals surface area (Å²) in [4.78, 5) is 21.6. The average molecular weight is 235 g/mol. The standard InChI is InChI=1S/C13H17NO3/c1-10(15)7-8-14-12(9-13(16)17)11-5-3-2-4-6-11/h2-6,12,14H,7-9H2,1H3,(H,16,17). The van der Waals surface area contributed by atoms with Gasteiger partial charge in [-0.3, -0.25) is 9.59 Å². The van der Waals surface area contributed by atoms with Crippen LogP contribution in [0.25, 0.3) is 0 Å². The summed E-state index contributed by atoms with van der Waals surface area (Å²) < 4.78 is 0. The third kappa shape index (κ3) is 5.26. The highest BCUT2D eigenvalue weighted by molar-refractivity contribution is 5.75. The average Bonchev–Trinajstić information content (AvgIpc) is 2.28. The number of carboxylic acid groups (broad SMARTS) is 1. The molecule has 2 N–H and O–H groups in total. The molecule has 0 saturated heterocycles. The van der Waals surface area contributed by atoms with Crippen molar-refractivity contribution in [3.63, 3.8) is 0 Å². The number of carboxylic acids is 1. The minimum atomic E-state index is -0.853. The predicted octanol–water partition coefficient (Wildman–Crippen LogP) is 1.77. The second-order valence-corrected chi connectivity index (χ2v) is 3.97. The molecule has 1 unspecified atom stereocenters. The molecule has 1 atom stereocenters. The zero-order valence-corrected chi connectivity index (χ0v) is 9.85. The second-order valence-electron chi connectivity index (χ2n) is 3.97. The molecular weight excluding hydrogens is 218 g/mol. The van der Waals surface area contributed by atoms with E-state index in [0.717, 1.165) is 5.56 Å². The van der Waals surface area contributed by atoms with Gasteiger partial charge in [-0.1, -0.05) is 30.3 Å². The topological polar surface area (TPSA) is 66.4 Å². The lowest BCUT2D eigenvalue weighted by Crippen LogP contribution is -2.25. The van der Waals surface area contributed by atoms with Crippen molar-refractivity contribution in [2.75, 3.05) is 6.54 Å². The second kappa shape index (κ2) is 6.81. The van der Waals surface area contributed by atoms with Gasteiger partial charge in [-0.2, -0.15) is 0 Å². The summed E-state index contributed by atoms with van der Waals surface area (Å²) in [6.45, 7) is 2.03. The minimum absolute atomic E-state index is 0.0158. The Morgan fingerprint density at radius 2 is 1.94 bits per heavy atom. The summed E-state index contributed by atoms with van der Waals surface area (Å²) in [6.07, 6.45) is 0.435. The fourth-order valence-electron chi connectivity index (χ4n) is 1.59. The molecule has 4 heteroatoms. The lowest BCUT2D eigenvalue weighted by molar-refractivity contribution is -0.137. The predicted molar refractivity (Wildman–Crippen MR) is 64.7 cm³/mol. The summed E-state index contributed by atoms with van der Waals surface area (Å²) in [5.74, 6) is -0.756. The number of hydrogen-bond acceptors (Lipinski definition) is 3. The Labute approximate surface area is 101 Å². The fourth-order valence-corrected chi connectivity index (χ4v) is 1.59. The van der Waals surface area contributed by atoms with Gasteiger partial charge in [0.2, 0.25) is 0 Å². The van der Waals surface area contributed by atoms with E-state index in [0.29, 0.717) is 13.0 Å². The van der Waals surface area contributed by atoms with Gasteiger partial charge in [0.15, 0.2) is 0 Å². The summed E-state index contributed by atoms with van der Waals surface area (Å²) in [5, 5.41) is 11.9. The van der Waals surface area contributed by atoms with Crippen LogP contribution in [0.15, 0.2) is 30.3 Å². The van der Waals surface area contributed by atoms with Gasteiger partial charge in [-0.25, -0.2) is 0 Å². The molecule has 0 heterocycles. The Balaban J connectivity index is 2.61. The first-order chi connectivity index (χ1) is 8.09. The third-order valence-electron chi connectivity index (χ3n) is 2.45. The molecule has 4 nitrogen and oxygen atoms in total. The van der Waals surface area contributed by atoms with Crippen LogP contribution < -0.4 is 5.32 Å². The van der Waals surface area contributed by atoms with Crippen molar-refractivity contribution in [1.29, 1.82) is 0 Å². The van der Waals surface area contributed by atoms with Crippen molar-refractivity contribution in [2.45, 2.75) is 25.8 Å². The van der Waals surface area contributed by atoms with Crippen LogP contribution in [-0.4, -0.2) is 23.4 Å². The normalized spacial score (nSPS) is 12.1. The molecule has 0 aliphatic carbocycles. The van der Waals surface area contributed by atoms with Crippen LogP contribution in [0.4, 0.5) is 0 Å². The van der Waals surface area contributed by atoms with E-state index >= 15 is 0 Å². The molecule has 1 rings (SSSR count). The van der Waals surface area contributed by atoms with Crippen LogP contribution in [0.1, 0.15) is 31.4 Å². The van der Waals surface area contributed by atoms with Crippen molar-refractivity contribution < 1.29 is 14.7 Å². The Bertz CT molecular complexity index is 376. The van der Waals surface area contributed by atoms with Crippen LogP contribution in [0.5, 0.6) is 0 Å². The molecule has 0 aliphatic heterocycles.